The van der Waals surface area contributed by atoms with Crippen LogP contribution in [0.15, 0.2) is 4.99 Å². The van der Waals surface area contributed by atoms with E-state index in [1.54, 1.807) is 0 Å². The van der Waals surface area contributed by atoms with E-state index in [1.165, 1.54) is 0 Å². The molecule has 0 spiro atoms. The second-order valence-electron chi connectivity index (χ2n) is 4.18. The van der Waals surface area contributed by atoms with Gasteiger partial charge in [0.25, 0.3) is 0 Å². The molecule has 4 nitrogen and oxygen atoms in total. The van der Waals surface area contributed by atoms with Crippen LogP contribution < -0.4 is 5.32 Å². The van der Waals surface area contributed by atoms with Gasteiger partial charge in [-0.25, -0.2) is 0 Å². The molecule has 0 aromatic rings. The largest absolute Gasteiger partial charge is 0.379 e. The first-order valence-electron chi connectivity index (χ1n) is 5.43. The van der Waals surface area contributed by atoms with E-state index in [4.69, 9.17) is 4.74 Å². The summed E-state index contributed by atoms with van der Waals surface area (Å²) in [6.45, 7) is 8.01. The van der Waals surface area contributed by atoms with Crippen molar-refractivity contribution in [3.63, 3.8) is 0 Å². The number of nitrogens with zero attached hydrogens (tertiary/aromatic N) is 2. The van der Waals surface area contributed by atoms with E-state index in [-0.39, 0.29) is 0 Å². The summed E-state index contributed by atoms with van der Waals surface area (Å²) in [5, 5.41) is 3.40. The molecule has 4 heteroatoms. The smallest absolute Gasteiger partial charge is 0.194 e. The van der Waals surface area contributed by atoms with Crippen LogP contribution in [-0.2, 0) is 4.74 Å². The highest BCUT2D eigenvalue weighted by molar-refractivity contribution is 5.82. The predicted molar refractivity (Wildman–Crippen MR) is 56.5 cm³/mol. The van der Waals surface area contributed by atoms with Gasteiger partial charge >= 0.3 is 0 Å². The molecule has 1 fully saturated rings. The summed E-state index contributed by atoms with van der Waals surface area (Å²) in [6, 6.07) is 0.926. The third kappa shape index (κ3) is 2.00. The minimum atomic E-state index is 0.439. The van der Waals surface area contributed by atoms with E-state index >= 15 is 0 Å². The zero-order valence-corrected chi connectivity index (χ0v) is 8.99. The lowest BCUT2D eigenvalue weighted by Gasteiger charge is -2.28. The summed E-state index contributed by atoms with van der Waals surface area (Å²) in [7, 11) is 0. The van der Waals surface area contributed by atoms with Gasteiger partial charge < -0.3 is 15.0 Å². The molecule has 2 aliphatic heterocycles. The highest BCUT2D eigenvalue weighted by atomic mass is 16.5. The lowest BCUT2D eigenvalue weighted by molar-refractivity contribution is 0.123. The van der Waals surface area contributed by atoms with Crippen molar-refractivity contribution in [2.45, 2.75) is 32.4 Å². The van der Waals surface area contributed by atoms with Crippen LogP contribution in [0.4, 0.5) is 0 Å². The summed E-state index contributed by atoms with van der Waals surface area (Å²) in [6.07, 6.45) is 1.10. The van der Waals surface area contributed by atoms with Crippen LogP contribution >= 0.6 is 0 Å². The topological polar surface area (TPSA) is 36.9 Å². The number of hydrogen-bond donors (Lipinski definition) is 1. The van der Waals surface area contributed by atoms with Gasteiger partial charge in [-0.3, -0.25) is 4.99 Å². The van der Waals surface area contributed by atoms with Gasteiger partial charge in [-0.1, -0.05) is 0 Å². The molecule has 0 aromatic carbocycles. The van der Waals surface area contributed by atoms with Crippen LogP contribution in [0.5, 0.6) is 0 Å². The molecule has 80 valence electrons. The van der Waals surface area contributed by atoms with Gasteiger partial charge in [-0.15, -0.1) is 0 Å². The average Bonchev–Trinajstić information content (AvgIpc) is 2.46. The molecule has 1 N–H and O–H groups in total. The third-order valence-corrected chi connectivity index (χ3v) is 2.74. The van der Waals surface area contributed by atoms with E-state index in [1.807, 2.05) is 0 Å². The van der Waals surface area contributed by atoms with Gasteiger partial charge in [-0.05, 0) is 20.3 Å². The first kappa shape index (κ1) is 9.77. The fourth-order valence-electron chi connectivity index (χ4n) is 1.92. The Hall–Kier alpha value is -0.770. The van der Waals surface area contributed by atoms with Gasteiger partial charge in [0, 0.05) is 19.2 Å². The Labute approximate surface area is 85.3 Å². The summed E-state index contributed by atoms with van der Waals surface area (Å²) in [4.78, 5) is 6.84. The molecular weight excluding hydrogens is 178 g/mol. The van der Waals surface area contributed by atoms with Gasteiger partial charge in [0.05, 0.1) is 19.2 Å². The summed E-state index contributed by atoms with van der Waals surface area (Å²) in [5.74, 6) is 1.07. The molecule has 0 amide bonds. The minimum Gasteiger partial charge on any atom is -0.379 e. The van der Waals surface area contributed by atoms with Gasteiger partial charge in [0.1, 0.15) is 0 Å². The molecule has 2 rings (SSSR count). The highest BCUT2D eigenvalue weighted by Crippen LogP contribution is 2.10. The lowest BCUT2D eigenvalue weighted by Crippen LogP contribution is -2.46. The van der Waals surface area contributed by atoms with Crippen molar-refractivity contribution in [3.05, 3.63) is 0 Å². The molecule has 2 aliphatic rings. The zero-order chi connectivity index (χ0) is 9.97. The zero-order valence-electron chi connectivity index (χ0n) is 8.99. The first-order chi connectivity index (χ1) is 6.77. The molecule has 0 radical (unpaired) electrons. The third-order valence-electron chi connectivity index (χ3n) is 2.74. The van der Waals surface area contributed by atoms with Crippen molar-refractivity contribution in [3.8, 4) is 0 Å². The quantitative estimate of drug-likeness (QED) is 0.612. The molecule has 0 aliphatic carbocycles. The summed E-state index contributed by atoms with van der Waals surface area (Å²) >= 11 is 0. The summed E-state index contributed by atoms with van der Waals surface area (Å²) in [5.41, 5.74) is 0. The number of hydrogen-bond acceptors (Lipinski definition) is 4. The number of guanidine groups is 1. The Balaban J connectivity index is 2.00. The fourth-order valence-corrected chi connectivity index (χ4v) is 1.92. The number of nitrogens with one attached hydrogen (secondary N) is 1. The standard InChI is InChI=1S/C10H19N3O/c1-8-6-11-10(12-8)13-4-3-5-14-7-9(13)2/h8-9H,3-7H2,1-2H3,(H,11,12). The molecular formula is C10H19N3O. The lowest BCUT2D eigenvalue weighted by atomic mass is 10.3. The Morgan fingerprint density at radius 1 is 1.50 bits per heavy atom. The van der Waals surface area contributed by atoms with E-state index in [9.17, 15) is 0 Å². The maximum Gasteiger partial charge on any atom is 0.194 e. The van der Waals surface area contributed by atoms with Crippen LogP contribution in [0.3, 0.4) is 0 Å². The highest BCUT2D eigenvalue weighted by Gasteiger charge is 2.24. The number of rotatable bonds is 0. The molecule has 2 atom stereocenters. The maximum atomic E-state index is 5.50. The molecule has 0 bridgehead atoms. The first-order valence-corrected chi connectivity index (χ1v) is 5.43. The molecule has 0 aromatic heterocycles. The minimum absolute atomic E-state index is 0.439. The van der Waals surface area contributed by atoms with E-state index in [2.05, 4.69) is 29.1 Å². The van der Waals surface area contributed by atoms with Gasteiger partial charge in [0.15, 0.2) is 5.96 Å². The van der Waals surface area contributed by atoms with E-state index < -0.39 is 0 Å². The number of ether oxygens (including phenoxy) is 1. The van der Waals surface area contributed by atoms with Gasteiger partial charge in [-0.2, -0.15) is 0 Å². The van der Waals surface area contributed by atoms with Crippen molar-refractivity contribution in [2.24, 2.45) is 4.99 Å². The van der Waals surface area contributed by atoms with Gasteiger partial charge in [0.2, 0.25) is 0 Å². The Morgan fingerprint density at radius 2 is 2.36 bits per heavy atom. The van der Waals surface area contributed by atoms with Crippen molar-refractivity contribution in [1.29, 1.82) is 0 Å². The SMILES string of the molecule is CC1CN=C(N2CCCOCC2C)N1. The van der Waals surface area contributed by atoms with Crippen LogP contribution in [0.2, 0.25) is 0 Å². The van der Waals surface area contributed by atoms with E-state index in [0.717, 1.165) is 38.7 Å². The van der Waals surface area contributed by atoms with Crippen molar-refractivity contribution >= 4 is 5.96 Å². The Bertz CT molecular complexity index is 229. The second kappa shape index (κ2) is 4.17. The normalized spacial score (nSPS) is 33.6. The van der Waals surface area contributed by atoms with Crippen LogP contribution in [0.1, 0.15) is 20.3 Å². The van der Waals surface area contributed by atoms with Crippen molar-refractivity contribution in [1.82, 2.24) is 10.2 Å². The van der Waals surface area contributed by atoms with Crippen LogP contribution in [-0.4, -0.2) is 49.2 Å². The molecule has 2 heterocycles. The fraction of sp³-hybridized carbons (Fsp3) is 0.900. The monoisotopic (exact) mass is 197 g/mol. The molecule has 1 saturated heterocycles. The molecule has 2 unspecified atom stereocenters. The van der Waals surface area contributed by atoms with Crippen molar-refractivity contribution in [2.75, 3.05) is 26.3 Å². The predicted octanol–water partition coefficient (Wildman–Crippen LogP) is 0.445. The Kier molecular flexibility index (Phi) is 2.91. The second-order valence-corrected chi connectivity index (χ2v) is 4.18. The Morgan fingerprint density at radius 3 is 3.07 bits per heavy atom. The summed E-state index contributed by atoms with van der Waals surface area (Å²) < 4.78 is 5.50. The molecule has 0 saturated carbocycles. The van der Waals surface area contributed by atoms with Crippen molar-refractivity contribution < 1.29 is 4.74 Å². The van der Waals surface area contributed by atoms with Crippen LogP contribution in [0.25, 0.3) is 0 Å². The van der Waals surface area contributed by atoms with E-state index in [0.29, 0.717) is 12.1 Å². The molecule has 14 heavy (non-hydrogen) atoms. The maximum absolute atomic E-state index is 5.50. The number of aliphatic imine (C=N–C) groups is 1. The van der Waals surface area contributed by atoms with Crippen LogP contribution in [0, 0.1) is 0 Å². The average molecular weight is 197 g/mol.